The SMILES string of the molecule is COC(=O)C12CCC(C)(C)C(=O)C1C1=CCC3C4(C)CCC(=O)C(C)(C)C4CCC3(C)C1(C)CC2. The maximum atomic E-state index is 14.1. The van der Waals surface area contributed by atoms with Crippen LogP contribution in [-0.4, -0.2) is 24.6 Å². The van der Waals surface area contributed by atoms with Gasteiger partial charge in [0.15, 0.2) is 0 Å². The molecule has 0 radical (unpaired) electrons. The van der Waals surface area contributed by atoms with Crippen molar-refractivity contribution in [1.82, 2.24) is 0 Å². The molecule has 0 aromatic carbocycles. The van der Waals surface area contributed by atoms with Gasteiger partial charge in [0.05, 0.1) is 18.4 Å². The Bertz CT molecular complexity index is 1020. The van der Waals surface area contributed by atoms with Crippen LogP contribution in [0.3, 0.4) is 0 Å². The summed E-state index contributed by atoms with van der Waals surface area (Å²) in [6.07, 6.45) is 10.3. The van der Waals surface area contributed by atoms with Crippen molar-refractivity contribution in [3.8, 4) is 0 Å². The standard InChI is InChI=1S/C31H46O4/c1-26(2)15-17-31(25(34)35-8)18-16-29(6)19(23(31)24(26)33)9-10-21-28(5)13-12-22(32)27(3,4)20(28)11-14-30(21,29)7/h9,20-21,23H,10-18H2,1-8H3. The van der Waals surface area contributed by atoms with Crippen LogP contribution >= 0.6 is 0 Å². The summed E-state index contributed by atoms with van der Waals surface area (Å²) in [5.74, 6) is 0.984. The Balaban J connectivity index is 1.64. The van der Waals surface area contributed by atoms with E-state index in [1.807, 2.05) is 0 Å². The highest BCUT2D eigenvalue weighted by Gasteiger charge is 2.70. The fourth-order valence-corrected chi connectivity index (χ4v) is 10.4. The second-order valence-corrected chi connectivity index (χ2v) is 14.8. The minimum Gasteiger partial charge on any atom is -0.469 e. The normalized spacial score (nSPS) is 48.0. The van der Waals surface area contributed by atoms with Crippen molar-refractivity contribution in [2.24, 2.45) is 50.2 Å². The molecule has 7 atom stereocenters. The molecular weight excluding hydrogens is 436 g/mol. The number of allylic oxidation sites excluding steroid dienone is 2. The van der Waals surface area contributed by atoms with Gasteiger partial charge in [-0.25, -0.2) is 0 Å². The van der Waals surface area contributed by atoms with Crippen LogP contribution < -0.4 is 0 Å². The molecular formula is C31H46O4. The molecule has 4 heteroatoms. The second kappa shape index (κ2) is 7.32. The van der Waals surface area contributed by atoms with E-state index in [1.54, 1.807) is 0 Å². The first-order valence-corrected chi connectivity index (χ1v) is 14.0. The molecule has 5 aliphatic carbocycles. The molecule has 0 heterocycles. The zero-order valence-electron chi connectivity index (χ0n) is 23.3. The van der Waals surface area contributed by atoms with Crippen LogP contribution in [0.5, 0.6) is 0 Å². The first kappa shape index (κ1) is 25.2. The van der Waals surface area contributed by atoms with Crippen LogP contribution in [0.25, 0.3) is 0 Å². The van der Waals surface area contributed by atoms with E-state index < -0.39 is 10.8 Å². The highest BCUT2D eigenvalue weighted by molar-refractivity contribution is 5.96. The van der Waals surface area contributed by atoms with Crippen LogP contribution in [0.15, 0.2) is 11.6 Å². The molecule has 4 nitrogen and oxygen atoms in total. The van der Waals surface area contributed by atoms with Gasteiger partial charge in [0.2, 0.25) is 0 Å². The number of hydrogen-bond acceptors (Lipinski definition) is 4. The number of methoxy groups -OCH3 is 1. The van der Waals surface area contributed by atoms with Gasteiger partial charge in [0, 0.05) is 17.3 Å². The molecule has 0 bridgehead atoms. The summed E-state index contributed by atoms with van der Waals surface area (Å²) in [4.78, 5) is 40.4. The van der Waals surface area contributed by atoms with Crippen molar-refractivity contribution in [3.05, 3.63) is 11.6 Å². The largest absolute Gasteiger partial charge is 0.469 e. The van der Waals surface area contributed by atoms with Crippen LogP contribution in [0, 0.1) is 50.2 Å². The van der Waals surface area contributed by atoms with Crippen LogP contribution in [-0.2, 0) is 19.1 Å². The Hall–Kier alpha value is -1.45. The fourth-order valence-electron chi connectivity index (χ4n) is 10.4. The predicted molar refractivity (Wildman–Crippen MR) is 136 cm³/mol. The van der Waals surface area contributed by atoms with Gasteiger partial charge in [-0.15, -0.1) is 0 Å². The van der Waals surface area contributed by atoms with E-state index in [9.17, 15) is 14.4 Å². The Kier molecular flexibility index (Phi) is 5.27. The van der Waals surface area contributed by atoms with Crippen molar-refractivity contribution in [2.75, 3.05) is 7.11 Å². The molecule has 0 spiro atoms. The number of carbonyl (C=O) groups excluding carboxylic acids is 3. The summed E-state index contributed by atoms with van der Waals surface area (Å²) in [6.45, 7) is 15.8. The van der Waals surface area contributed by atoms with Gasteiger partial charge in [-0.2, -0.15) is 0 Å². The third-order valence-corrected chi connectivity index (χ3v) is 12.9. The minimum absolute atomic E-state index is 0.0446. The van der Waals surface area contributed by atoms with E-state index in [2.05, 4.69) is 54.5 Å². The number of esters is 1. The van der Waals surface area contributed by atoms with E-state index in [1.165, 1.54) is 12.7 Å². The molecule has 0 aromatic heterocycles. The smallest absolute Gasteiger partial charge is 0.312 e. The van der Waals surface area contributed by atoms with Gasteiger partial charge < -0.3 is 4.74 Å². The van der Waals surface area contributed by atoms with Gasteiger partial charge in [-0.1, -0.05) is 60.1 Å². The highest BCUT2D eigenvalue weighted by Crippen LogP contribution is 2.75. The highest BCUT2D eigenvalue weighted by atomic mass is 16.5. The van der Waals surface area contributed by atoms with Crippen molar-refractivity contribution in [3.63, 3.8) is 0 Å². The van der Waals surface area contributed by atoms with Gasteiger partial charge in [0.1, 0.15) is 11.6 Å². The average molecular weight is 483 g/mol. The number of ketones is 2. The maximum absolute atomic E-state index is 14.1. The third kappa shape index (κ3) is 2.89. The second-order valence-electron chi connectivity index (χ2n) is 14.8. The molecule has 4 fully saturated rings. The average Bonchev–Trinajstić information content (AvgIpc) is 2.79. The quantitative estimate of drug-likeness (QED) is 0.308. The molecule has 7 unspecified atom stereocenters. The summed E-state index contributed by atoms with van der Waals surface area (Å²) in [6, 6.07) is 0. The van der Waals surface area contributed by atoms with E-state index in [0.717, 1.165) is 51.4 Å². The van der Waals surface area contributed by atoms with Gasteiger partial charge >= 0.3 is 5.97 Å². The molecule has 5 aliphatic rings. The molecule has 194 valence electrons. The Morgan fingerprint density at radius 1 is 0.886 bits per heavy atom. The first-order valence-electron chi connectivity index (χ1n) is 14.0. The molecule has 0 amide bonds. The maximum Gasteiger partial charge on any atom is 0.312 e. The third-order valence-electron chi connectivity index (χ3n) is 12.9. The van der Waals surface area contributed by atoms with Gasteiger partial charge in [-0.3, -0.25) is 14.4 Å². The molecule has 35 heavy (non-hydrogen) atoms. The zero-order chi connectivity index (χ0) is 25.8. The predicted octanol–water partition coefficient (Wildman–Crippen LogP) is 6.71. The van der Waals surface area contributed by atoms with E-state index >= 15 is 0 Å². The summed E-state index contributed by atoms with van der Waals surface area (Å²) < 4.78 is 5.38. The summed E-state index contributed by atoms with van der Waals surface area (Å²) in [5.41, 5.74) is -0.132. The van der Waals surface area contributed by atoms with E-state index in [-0.39, 0.29) is 39.3 Å². The van der Waals surface area contributed by atoms with Crippen molar-refractivity contribution in [2.45, 2.75) is 106 Å². The lowest BCUT2D eigenvalue weighted by atomic mass is 9.33. The molecule has 0 aromatic rings. The van der Waals surface area contributed by atoms with Crippen LogP contribution in [0.2, 0.25) is 0 Å². The number of fused-ring (bicyclic) bond motifs is 7. The lowest BCUT2D eigenvalue weighted by molar-refractivity contribution is -0.191. The van der Waals surface area contributed by atoms with E-state index in [4.69, 9.17) is 4.74 Å². The Labute approximate surface area is 212 Å². The number of Topliss-reactive ketones (excluding diaryl/α,β-unsaturated/α-hetero) is 2. The van der Waals surface area contributed by atoms with Crippen LogP contribution in [0.4, 0.5) is 0 Å². The Morgan fingerprint density at radius 2 is 1.54 bits per heavy atom. The van der Waals surface area contributed by atoms with Crippen molar-refractivity contribution < 1.29 is 19.1 Å². The number of carbonyl (C=O) groups is 3. The first-order chi connectivity index (χ1) is 16.1. The minimum atomic E-state index is -0.712. The molecule has 0 N–H and O–H groups in total. The number of hydrogen-bond donors (Lipinski definition) is 0. The zero-order valence-corrected chi connectivity index (χ0v) is 23.3. The Morgan fingerprint density at radius 3 is 2.20 bits per heavy atom. The summed E-state index contributed by atoms with van der Waals surface area (Å²) in [5, 5.41) is 0. The van der Waals surface area contributed by atoms with Crippen molar-refractivity contribution >= 4 is 17.5 Å². The number of ether oxygens (including phenoxy) is 1. The molecule has 0 aliphatic heterocycles. The molecule has 5 rings (SSSR count). The summed E-state index contributed by atoms with van der Waals surface area (Å²) in [7, 11) is 1.48. The number of rotatable bonds is 1. The lowest BCUT2D eigenvalue weighted by Crippen LogP contribution is -2.65. The fraction of sp³-hybridized carbons (Fsp3) is 0.839. The lowest BCUT2D eigenvalue weighted by Gasteiger charge is -2.70. The van der Waals surface area contributed by atoms with E-state index in [0.29, 0.717) is 24.0 Å². The monoisotopic (exact) mass is 482 g/mol. The van der Waals surface area contributed by atoms with Crippen molar-refractivity contribution in [1.29, 1.82) is 0 Å². The van der Waals surface area contributed by atoms with Gasteiger partial charge in [0.25, 0.3) is 0 Å². The molecule has 0 saturated heterocycles. The summed E-state index contributed by atoms with van der Waals surface area (Å²) >= 11 is 0. The molecule has 4 saturated carbocycles. The topological polar surface area (TPSA) is 60.4 Å². The van der Waals surface area contributed by atoms with Crippen LogP contribution in [0.1, 0.15) is 106 Å². The van der Waals surface area contributed by atoms with Gasteiger partial charge in [-0.05, 0) is 79.4 Å².